The molecule has 1 aromatic carbocycles. The number of rotatable bonds is 2. The molecule has 74 valence electrons. The van der Waals surface area contributed by atoms with Crippen molar-refractivity contribution in [1.29, 1.82) is 5.26 Å². The molecule has 0 heterocycles. The minimum atomic E-state index is -2.98. The van der Waals surface area contributed by atoms with Gasteiger partial charge in [0.25, 0.3) is 0 Å². The van der Waals surface area contributed by atoms with E-state index in [1.807, 2.05) is 0 Å². The van der Waals surface area contributed by atoms with E-state index in [4.69, 9.17) is 11.0 Å². The number of alkyl halides is 2. The molecule has 0 saturated carbocycles. The van der Waals surface area contributed by atoms with Gasteiger partial charge in [-0.25, -0.2) is 0 Å². The molecule has 0 atom stereocenters. The molecule has 0 bridgehead atoms. The van der Waals surface area contributed by atoms with Gasteiger partial charge < -0.3 is 10.5 Å². The van der Waals surface area contributed by atoms with Crippen LogP contribution in [0.15, 0.2) is 16.6 Å². The summed E-state index contributed by atoms with van der Waals surface area (Å²) in [4.78, 5) is 0. The van der Waals surface area contributed by atoms with E-state index >= 15 is 0 Å². The third-order valence-corrected chi connectivity index (χ3v) is 1.88. The summed E-state index contributed by atoms with van der Waals surface area (Å²) in [6.07, 6.45) is 0. The number of nitrogens with two attached hydrogens (primary N) is 1. The molecular formula is C8H5BrF2N2O. The Morgan fingerprint density at radius 1 is 1.50 bits per heavy atom. The highest BCUT2D eigenvalue weighted by molar-refractivity contribution is 9.10. The SMILES string of the molecule is N#Cc1c(N)cc(Br)cc1OC(F)F. The maximum absolute atomic E-state index is 11.9. The van der Waals surface area contributed by atoms with E-state index in [0.717, 1.165) is 0 Å². The fourth-order valence-corrected chi connectivity index (χ4v) is 1.37. The van der Waals surface area contributed by atoms with E-state index in [0.29, 0.717) is 4.47 Å². The lowest BCUT2D eigenvalue weighted by Crippen LogP contribution is -2.05. The first kappa shape index (κ1) is 10.7. The number of anilines is 1. The fraction of sp³-hybridized carbons (Fsp3) is 0.125. The first-order chi connectivity index (χ1) is 6.54. The Hall–Kier alpha value is -1.35. The second-order valence-electron chi connectivity index (χ2n) is 2.36. The molecule has 1 aromatic rings. The Balaban J connectivity index is 3.20. The summed E-state index contributed by atoms with van der Waals surface area (Å²) >= 11 is 3.05. The number of nitrogen functional groups attached to an aromatic ring is 1. The van der Waals surface area contributed by atoms with Crippen molar-refractivity contribution in [1.82, 2.24) is 0 Å². The summed E-state index contributed by atoms with van der Waals surface area (Å²) in [5, 5.41) is 8.63. The number of benzene rings is 1. The molecule has 0 unspecified atom stereocenters. The van der Waals surface area contributed by atoms with Crippen LogP contribution in [0.25, 0.3) is 0 Å². The van der Waals surface area contributed by atoms with E-state index < -0.39 is 6.61 Å². The van der Waals surface area contributed by atoms with Crippen molar-refractivity contribution in [3.05, 3.63) is 22.2 Å². The predicted octanol–water partition coefficient (Wildman–Crippen LogP) is 2.50. The van der Waals surface area contributed by atoms with Gasteiger partial charge in [0.1, 0.15) is 17.4 Å². The smallest absolute Gasteiger partial charge is 0.387 e. The van der Waals surface area contributed by atoms with E-state index in [-0.39, 0.29) is 17.0 Å². The average Bonchev–Trinajstić information content (AvgIpc) is 2.01. The molecule has 14 heavy (non-hydrogen) atoms. The average molecular weight is 263 g/mol. The number of halogens is 3. The Kier molecular flexibility index (Phi) is 3.25. The number of nitrogens with zero attached hydrogens (tertiary/aromatic N) is 1. The third kappa shape index (κ3) is 2.33. The molecule has 2 N–H and O–H groups in total. The van der Waals surface area contributed by atoms with Crippen molar-refractivity contribution < 1.29 is 13.5 Å². The highest BCUT2D eigenvalue weighted by atomic mass is 79.9. The van der Waals surface area contributed by atoms with Gasteiger partial charge in [0.15, 0.2) is 0 Å². The predicted molar refractivity (Wildman–Crippen MR) is 49.9 cm³/mol. The van der Waals surface area contributed by atoms with Gasteiger partial charge in [-0.05, 0) is 12.1 Å². The van der Waals surface area contributed by atoms with Crippen LogP contribution < -0.4 is 10.5 Å². The Labute approximate surface area is 87.2 Å². The number of hydrogen-bond acceptors (Lipinski definition) is 3. The van der Waals surface area contributed by atoms with Crippen LogP contribution in [0.1, 0.15) is 5.56 Å². The van der Waals surface area contributed by atoms with E-state index in [2.05, 4.69) is 20.7 Å². The molecule has 3 nitrogen and oxygen atoms in total. The minimum Gasteiger partial charge on any atom is -0.433 e. The zero-order valence-corrected chi connectivity index (χ0v) is 8.38. The lowest BCUT2D eigenvalue weighted by Gasteiger charge is -2.08. The summed E-state index contributed by atoms with van der Waals surface area (Å²) in [5.41, 5.74) is 5.44. The van der Waals surface area contributed by atoms with Gasteiger partial charge in [0.2, 0.25) is 0 Å². The van der Waals surface area contributed by atoms with Crippen molar-refractivity contribution >= 4 is 21.6 Å². The topological polar surface area (TPSA) is 59.0 Å². The molecule has 0 fully saturated rings. The minimum absolute atomic E-state index is 0.0894. The van der Waals surface area contributed by atoms with E-state index in [1.165, 1.54) is 12.1 Å². The first-order valence-corrected chi connectivity index (χ1v) is 4.28. The van der Waals surface area contributed by atoms with Gasteiger partial charge in [0.05, 0.1) is 5.69 Å². The van der Waals surface area contributed by atoms with Crippen molar-refractivity contribution in [2.24, 2.45) is 0 Å². The largest absolute Gasteiger partial charge is 0.433 e. The lowest BCUT2D eigenvalue weighted by atomic mass is 10.2. The van der Waals surface area contributed by atoms with Crippen molar-refractivity contribution in [3.8, 4) is 11.8 Å². The Bertz CT molecular complexity index is 390. The molecule has 0 saturated heterocycles. The highest BCUT2D eigenvalue weighted by Crippen LogP contribution is 2.29. The zero-order chi connectivity index (χ0) is 10.7. The van der Waals surface area contributed by atoms with Crippen LogP contribution in [0.2, 0.25) is 0 Å². The van der Waals surface area contributed by atoms with Crippen molar-refractivity contribution in [2.75, 3.05) is 5.73 Å². The summed E-state index contributed by atoms with van der Waals surface area (Å²) < 4.78 is 28.4. The van der Waals surface area contributed by atoms with Gasteiger partial charge in [-0.3, -0.25) is 0 Å². The second kappa shape index (κ2) is 4.24. The molecule has 0 radical (unpaired) electrons. The quantitative estimate of drug-likeness (QED) is 0.834. The fourth-order valence-electron chi connectivity index (χ4n) is 0.911. The summed E-state index contributed by atoms with van der Waals surface area (Å²) in [5.74, 6) is -0.227. The Morgan fingerprint density at radius 2 is 2.14 bits per heavy atom. The number of ether oxygens (including phenoxy) is 1. The second-order valence-corrected chi connectivity index (χ2v) is 3.27. The maximum Gasteiger partial charge on any atom is 0.387 e. The third-order valence-electron chi connectivity index (χ3n) is 1.43. The molecule has 0 aliphatic carbocycles. The molecule has 0 aromatic heterocycles. The van der Waals surface area contributed by atoms with Crippen molar-refractivity contribution in [3.63, 3.8) is 0 Å². The molecule has 0 spiro atoms. The zero-order valence-electron chi connectivity index (χ0n) is 6.80. The molecule has 0 aliphatic rings. The molecule has 6 heteroatoms. The van der Waals surface area contributed by atoms with Crippen LogP contribution in [0.4, 0.5) is 14.5 Å². The van der Waals surface area contributed by atoms with Gasteiger partial charge in [-0.2, -0.15) is 14.0 Å². The van der Waals surface area contributed by atoms with E-state index in [1.54, 1.807) is 6.07 Å². The first-order valence-electron chi connectivity index (χ1n) is 3.48. The van der Waals surface area contributed by atoms with Gasteiger partial charge in [-0.1, -0.05) is 15.9 Å². The van der Waals surface area contributed by atoms with E-state index in [9.17, 15) is 8.78 Å². The molecule has 0 amide bonds. The van der Waals surface area contributed by atoms with Crippen LogP contribution in [0, 0.1) is 11.3 Å². The summed E-state index contributed by atoms with van der Waals surface area (Å²) in [7, 11) is 0. The van der Waals surface area contributed by atoms with Gasteiger partial charge in [0, 0.05) is 4.47 Å². The normalized spacial score (nSPS) is 9.93. The molecule has 1 rings (SSSR count). The van der Waals surface area contributed by atoms with Gasteiger partial charge in [-0.15, -0.1) is 0 Å². The molecular weight excluding hydrogens is 258 g/mol. The summed E-state index contributed by atoms with van der Waals surface area (Å²) in [6.45, 7) is -2.98. The van der Waals surface area contributed by atoms with Crippen LogP contribution >= 0.6 is 15.9 Å². The lowest BCUT2D eigenvalue weighted by molar-refractivity contribution is -0.0500. The highest BCUT2D eigenvalue weighted by Gasteiger charge is 2.13. The van der Waals surface area contributed by atoms with Crippen LogP contribution in [-0.2, 0) is 0 Å². The van der Waals surface area contributed by atoms with Crippen LogP contribution in [0.5, 0.6) is 5.75 Å². The number of nitriles is 1. The van der Waals surface area contributed by atoms with Crippen LogP contribution in [0.3, 0.4) is 0 Å². The van der Waals surface area contributed by atoms with Gasteiger partial charge >= 0.3 is 6.61 Å². The monoisotopic (exact) mass is 262 g/mol. The number of hydrogen-bond donors (Lipinski definition) is 1. The summed E-state index contributed by atoms with van der Waals surface area (Å²) in [6, 6.07) is 4.40. The Morgan fingerprint density at radius 3 is 2.64 bits per heavy atom. The van der Waals surface area contributed by atoms with Crippen LogP contribution in [-0.4, -0.2) is 6.61 Å². The maximum atomic E-state index is 11.9. The standard InChI is InChI=1S/C8H5BrF2N2O/c9-4-1-6(13)5(3-12)7(2-4)14-8(10)11/h1-2,8H,13H2. The van der Waals surface area contributed by atoms with Crippen molar-refractivity contribution in [2.45, 2.75) is 6.61 Å². The molecule has 0 aliphatic heterocycles.